The number of aromatic hydroxyl groups is 1. The lowest BCUT2D eigenvalue weighted by Gasteiger charge is -2.14. The van der Waals surface area contributed by atoms with Crippen LogP contribution in [-0.2, 0) is 4.79 Å². The molecule has 3 rings (SSSR count). The van der Waals surface area contributed by atoms with Crippen LogP contribution in [0, 0.1) is 5.92 Å². The number of aliphatic carboxylic acids is 1. The Morgan fingerprint density at radius 3 is 2.35 bits per heavy atom. The maximum Gasteiger partial charge on any atom is 0.326 e. The van der Waals surface area contributed by atoms with E-state index in [0.29, 0.717) is 5.56 Å². The molecule has 23 heavy (non-hydrogen) atoms. The number of phenols is 1. The maximum atomic E-state index is 12.3. The number of carboxylic acids is 1. The predicted molar refractivity (Wildman–Crippen MR) is 85.2 cm³/mol. The van der Waals surface area contributed by atoms with E-state index < -0.39 is 12.0 Å². The van der Waals surface area contributed by atoms with Crippen molar-refractivity contribution in [3.63, 3.8) is 0 Å². The summed E-state index contributed by atoms with van der Waals surface area (Å²) in [5.74, 6) is -1.16. The number of amides is 1. The predicted octanol–water partition coefficient (Wildman–Crippen LogP) is 2.65. The van der Waals surface area contributed by atoms with Crippen molar-refractivity contribution in [3.05, 3.63) is 54.1 Å². The molecule has 0 spiro atoms. The lowest BCUT2D eigenvalue weighted by Crippen LogP contribution is -2.42. The van der Waals surface area contributed by atoms with Gasteiger partial charge in [0.2, 0.25) is 0 Å². The van der Waals surface area contributed by atoms with Gasteiger partial charge in [-0.2, -0.15) is 0 Å². The van der Waals surface area contributed by atoms with Gasteiger partial charge in [0.05, 0.1) is 0 Å². The fourth-order valence-electron chi connectivity index (χ4n) is 2.53. The molecular formula is C18H17NO4. The minimum Gasteiger partial charge on any atom is -0.508 e. The Morgan fingerprint density at radius 1 is 1.04 bits per heavy atom. The normalized spacial score (nSPS) is 15.0. The lowest BCUT2D eigenvalue weighted by molar-refractivity contribution is -0.139. The molecule has 0 aromatic heterocycles. The molecule has 0 aliphatic heterocycles. The second-order valence-corrected chi connectivity index (χ2v) is 5.75. The SMILES string of the molecule is O=C(N[C@H](C(=O)O)C1CC1)c1cccc(-c2ccc(O)cc2)c1. The number of phenolic OH excluding ortho intramolecular Hbond substituents is 1. The fourth-order valence-corrected chi connectivity index (χ4v) is 2.53. The topological polar surface area (TPSA) is 86.6 Å². The molecule has 0 radical (unpaired) electrons. The molecule has 5 heteroatoms. The summed E-state index contributed by atoms with van der Waals surface area (Å²) in [4.78, 5) is 23.5. The van der Waals surface area contributed by atoms with Crippen molar-refractivity contribution >= 4 is 11.9 Å². The van der Waals surface area contributed by atoms with Gasteiger partial charge in [0, 0.05) is 5.56 Å². The molecule has 118 valence electrons. The smallest absolute Gasteiger partial charge is 0.326 e. The van der Waals surface area contributed by atoms with Crippen LogP contribution >= 0.6 is 0 Å². The van der Waals surface area contributed by atoms with Crippen LogP contribution in [-0.4, -0.2) is 28.1 Å². The summed E-state index contributed by atoms with van der Waals surface area (Å²) in [5, 5.41) is 21.1. The van der Waals surface area contributed by atoms with Gasteiger partial charge >= 0.3 is 5.97 Å². The highest BCUT2D eigenvalue weighted by Crippen LogP contribution is 2.33. The summed E-state index contributed by atoms with van der Waals surface area (Å²) >= 11 is 0. The third-order valence-electron chi connectivity index (χ3n) is 3.97. The number of rotatable bonds is 5. The number of hydrogen-bond acceptors (Lipinski definition) is 3. The molecule has 1 aliphatic rings. The van der Waals surface area contributed by atoms with Crippen molar-refractivity contribution in [3.8, 4) is 16.9 Å². The van der Waals surface area contributed by atoms with E-state index in [1.165, 1.54) is 0 Å². The molecule has 0 saturated heterocycles. The number of carbonyl (C=O) groups is 2. The van der Waals surface area contributed by atoms with Crippen LogP contribution in [0.5, 0.6) is 5.75 Å². The summed E-state index contributed by atoms with van der Waals surface area (Å²) in [6, 6.07) is 12.8. The van der Waals surface area contributed by atoms with Crippen LogP contribution in [0.25, 0.3) is 11.1 Å². The number of carboxylic acid groups (broad SMARTS) is 1. The van der Waals surface area contributed by atoms with E-state index >= 15 is 0 Å². The van der Waals surface area contributed by atoms with Crippen LogP contribution < -0.4 is 5.32 Å². The van der Waals surface area contributed by atoms with Crippen LogP contribution in [0.3, 0.4) is 0 Å². The second kappa shape index (κ2) is 6.12. The molecule has 1 amide bonds. The fraction of sp³-hybridized carbons (Fsp3) is 0.222. The summed E-state index contributed by atoms with van der Waals surface area (Å²) < 4.78 is 0. The van der Waals surface area contributed by atoms with E-state index in [0.717, 1.165) is 24.0 Å². The number of carbonyl (C=O) groups excluding carboxylic acids is 1. The van der Waals surface area contributed by atoms with Crippen molar-refractivity contribution in [2.45, 2.75) is 18.9 Å². The average molecular weight is 311 g/mol. The van der Waals surface area contributed by atoms with Crippen molar-refractivity contribution in [1.82, 2.24) is 5.32 Å². The zero-order chi connectivity index (χ0) is 16.4. The van der Waals surface area contributed by atoms with Gasteiger partial charge in [-0.15, -0.1) is 0 Å². The zero-order valence-electron chi connectivity index (χ0n) is 12.4. The Balaban J connectivity index is 1.80. The monoisotopic (exact) mass is 311 g/mol. The van der Waals surface area contributed by atoms with E-state index in [2.05, 4.69) is 5.32 Å². The highest BCUT2D eigenvalue weighted by atomic mass is 16.4. The highest BCUT2D eigenvalue weighted by molar-refractivity contribution is 5.97. The molecule has 1 saturated carbocycles. The van der Waals surface area contributed by atoms with Crippen LogP contribution in [0.2, 0.25) is 0 Å². The number of benzene rings is 2. The van der Waals surface area contributed by atoms with E-state index in [-0.39, 0.29) is 17.6 Å². The van der Waals surface area contributed by atoms with Crippen molar-refractivity contribution in [2.24, 2.45) is 5.92 Å². The standard InChI is InChI=1S/C18H17NO4/c20-15-8-6-11(7-9-15)13-2-1-3-14(10-13)17(21)19-16(18(22)23)12-4-5-12/h1-3,6-10,12,16,20H,4-5H2,(H,19,21)(H,22,23)/t16-/m0/s1. The molecular weight excluding hydrogens is 294 g/mol. The van der Waals surface area contributed by atoms with E-state index in [9.17, 15) is 19.8 Å². The first-order chi connectivity index (χ1) is 11.0. The third kappa shape index (κ3) is 3.51. The summed E-state index contributed by atoms with van der Waals surface area (Å²) in [7, 11) is 0. The van der Waals surface area contributed by atoms with Crippen LogP contribution in [0.1, 0.15) is 23.2 Å². The number of hydrogen-bond donors (Lipinski definition) is 3. The summed E-state index contributed by atoms with van der Waals surface area (Å²) in [5.41, 5.74) is 2.12. The van der Waals surface area contributed by atoms with Gasteiger partial charge < -0.3 is 15.5 Å². The van der Waals surface area contributed by atoms with Crippen molar-refractivity contribution in [2.75, 3.05) is 0 Å². The first-order valence-electron chi connectivity index (χ1n) is 7.48. The van der Waals surface area contributed by atoms with Crippen LogP contribution in [0.15, 0.2) is 48.5 Å². The summed E-state index contributed by atoms with van der Waals surface area (Å²) in [6.07, 6.45) is 1.68. The van der Waals surface area contributed by atoms with Gasteiger partial charge in [-0.1, -0.05) is 24.3 Å². The Morgan fingerprint density at radius 2 is 1.74 bits per heavy atom. The zero-order valence-corrected chi connectivity index (χ0v) is 12.4. The minimum atomic E-state index is -0.990. The van der Waals surface area contributed by atoms with Gasteiger partial charge in [-0.25, -0.2) is 4.79 Å². The average Bonchev–Trinajstić information content (AvgIpc) is 3.37. The Kier molecular flexibility index (Phi) is 4.02. The maximum absolute atomic E-state index is 12.3. The van der Waals surface area contributed by atoms with Gasteiger partial charge in [0.25, 0.3) is 5.91 Å². The molecule has 2 aromatic carbocycles. The van der Waals surface area contributed by atoms with Crippen molar-refractivity contribution in [1.29, 1.82) is 0 Å². The van der Waals surface area contributed by atoms with Gasteiger partial charge in [-0.05, 0) is 54.2 Å². The first kappa shape index (κ1) is 15.1. The largest absolute Gasteiger partial charge is 0.508 e. The van der Waals surface area contributed by atoms with E-state index in [1.54, 1.807) is 42.5 Å². The molecule has 0 bridgehead atoms. The second-order valence-electron chi connectivity index (χ2n) is 5.75. The molecule has 0 heterocycles. The quantitative estimate of drug-likeness (QED) is 0.792. The molecule has 0 unspecified atom stereocenters. The minimum absolute atomic E-state index is 0.0386. The van der Waals surface area contributed by atoms with Crippen LogP contribution in [0.4, 0.5) is 0 Å². The first-order valence-corrected chi connectivity index (χ1v) is 7.48. The van der Waals surface area contributed by atoms with Gasteiger partial charge in [0.1, 0.15) is 11.8 Å². The highest BCUT2D eigenvalue weighted by Gasteiger charge is 2.37. The van der Waals surface area contributed by atoms with E-state index in [4.69, 9.17) is 0 Å². The lowest BCUT2D eigenvalue weighted by atomic mass is 10.0. The molecule has 1 atom stereocenters. The Bertz CT molecular complexity index is 735. The Labute approximate surface area is 133 Å². The van der Waals surface area contributed by atoms with E-state index in [1.807, 2.05) is 6.07 Å². The Hall–Kier alpha value is -2.82. The number of nitrogens with one attached hydrogen (secondary N) is 1. The van der Waals surface area contributed by atoms with Gasteiger partial charge in [-0.3, -0.25) is 4.79 Å². The third-order valence-corrected chi connectivity index (χ3v) is 3.97. The van der Waals surface area contributed by atoms with Crippen molar-refractivity contribution < 1.29 is 19.8 Å². The summed E-state index contributed by atoms with van der Waals surface area (Å²) in [6.45, 7) is 0. The van der Waals surface area contributed by atoms with Gasteiger partial charge in [0.15, 0.2) is 0 Å². The molecule has 1 aliphatic carbocycles. The molecule has 2 aromatic rings. The molecule has 1 fully saturated rings. The molecule has 5 nitrogen and oxygen atoms in total. The molecule has 3 N–H and O–H groups in total.